The molecule has 0 aromatic heterocycles. The molecule has 0 N–H and O–H groups in total. The number of ether oxygens (including phenoxy) is 2. The molecular formula is C53H48O2S4+2. The molecule has 0 heterocycles. The van der Waals surface area contributed by atoms with Gasteiger partial charge in [-0.25, -0.2) is 0 Å². The largest absolute Gasteiger partial charge is 0.497 e. The van der Waals surface area contributed by atoms with E-state index in [0.29, 0.717) is 0 Å². The molecular weight excluding hydrogens is 797 g/mol. The fourth-order valence-electron chi connectivity index (χ4n) is 6.24. The van der Waals surface area contributed by atoms with Gasteiger partial charge >= 0.3 is 0 Å². The Morgan fingerprint density at radius 2 is 0.525 bits per heavy atom. The van der Waals surface area contributed by atoms with Gasteiger partial charge in [-0.05, 0) is 166 Å². The summed E-state index contributed by atoms with van der Waals surface area (Å²) in [4.78, 5) is 12.9. The number of rotatable bonds is 12. The number of aryl methyl sites for hydroxylation is 3. The minimum absolute atomic E-state index is 0.0952. The number of methoxy groups -OCH3 is 2. The second-order valence-electron chi connectivity index (χ2n) is 13.9. The Hall–Kier alpha value is -5.24. The highest BCUT2D eigenvalue weighted by Gasteiger charge is 2.30. The van der Waals surface area contributed by atoms with Crippen LogP contribution in [-0.4, -0.2) is 14.2 Å². The summed E-state index contributed by atoms with van der Waals surface area (Å²) in [6, 6.07) is 71.8. The molecule has 0 aliphatic carbocycles. The maximum absolute atomic E-state index is 5.35. The van der Waals surface area contributed by atoms with Crippen molar-refractivity contribution in [3.8, 4) is 11.5 Å². The first-order chi connectivity index (χ1) is 28.8. The van der Waals surface area contributed by atoms with E-state index >= 15 is 0 Å². The highest BCUT2D eigenvalue weighted by molar-refractivity contribution is 7.99. The zero-order chi connectivity index (χ0) is 41.0. The summed E-state index contributed by atoms with van der Waals surface area (Å²) in [7, 11) is 3.09. The van der Waals surface area contributed by atoms with Gasteiger partial charge in [0.05, 0.1) is 36.0 Å². The van der Waals surface area contributed by atoms with Crippen LogP contribution in [0.5, 0.6) is 11.5 Å². The Labute approximate surface area is 364 Å². The molecule has 0 radical (unpaired) electrons. The lowest BCUT2D eigenvalue weighted by molar-refractivity contribution is 0.414. The molecule has 0 aliphatic rings. The average molecular weight is 845 g/mol. The first-order valence-electron chi connectivity index (χ1n) is 19.4. The Morgan fingerprint density at radius 3 is 0.831 bits per heavy atom. The van der Waals surface area contributed by atoms with Crippen LogP contribution in [0, 0.1) is 20.8 Å². The third kappa shape index (κ3) is 11.5. The van der Waals surface area contributed by atoms with Gasteiger partial charge in [0.25, 0.3) is 0 Å². The zero-order valence-corrected chi connectivity index (χ0v) is 37.3. The second-order valence-corrected chi connectivity index (χ2v) is 20.2. The molecule has 59 heavy (non-hydrogen) atoms. The molecule has 0 amide bonds. The van der Waals surface area contributed by atoms with Crippen LogP contribution in [0.15, 0.2) is 249 Å². The molecule has 0 spiro atoms. The summed E-state index contributed by atoms with van der Waals surface area (Å²) in [6.07, 6.45) is 0. The quantitative estimate of drug-likeness (QED) is 0.114. The van der Waals surface area contributed by atoms with Crippen LogP contribution in [0.25, 0.3) is 0 Å². The molecule has 8 aromatic rings. The number of benzene rings is 8. The average Bonchev–Trinajstić information content (AvgIpc) is 3.28. The summed E-state index contributed by atoms with van der Waals surface area (Å²) >= 11 is 3.59. The lowest BCUT2D eigenvalue weighted by Gasteiger charge is -2.10. The lowest BCUT2D eigenvalue weighted by atomic mass is 10.2. The van der Waals surface area contributed by atoms with Crippen molar-refractivity contribution in [2.75, 3.05) is 14.2 Å². The van der Waals surface area contributed by atoms with Crippen molar-refractivity contribution in [2.45, 2.75) is 69.7 Å². The van der Waals surface area contributed by atoms with Crippen molar-refractivity contribution < 1.29 is 9.47 Å². The van der Waals surface area contributed by atoms with Crippen molar-refractivity contribution in [1.29, 1.82) is 0 Å². The SMILES string of the molecule is COc1ccc([S+](c2ccc(OC)cc2)c2ccc(Sc3ccc(C)cc3)cc2)cc1.Cc1ccc([S+](c2ccc(C)cc2)c2ccc(Sc3ccccc3)cc2)cc1. The van der Waals surface area contributed by atoms with Crippen LogP contribution in [-0.2, 0) is 21.8 Å². The fraction of sp³-hybridized carbons (Fsp3) is 0.0943. The van der Waals surface area contributed by atoms with Crippen LogP contribution in [0.3, 0.4) is 0 Å². The minimum Gasteiger partial charge on any atom is -0.497 e. The Kier molecular flexibility index (Phi) is 14.7. The van der Waals surface area contributed by atoms with Crippen molar-refractivity contribution in [2.24, 2.45) is 0 Å². The van der Waals surface area contributed by atoms with E-state index in [0.717, 1.165) is 11.5 Å². The van der Waals surface area contributed by atoms with Gasteiger partial charge in [0, 0.05) is 19.6 Å². The fourth-order valence-corrected chi connectivity index (χ4v) is 12.0. The lowest BCUT2D eigenvalue weighted by Crippen LogP contribution is -2.05. The minimum atomic E-state index is -0.213. The predicted octanol–water partition coefficient (Wildman–Crippen LogP) is 14.8. The number of hydrogen-bond donors (Lipinski definition) is 0. The van der Waals surface area contributed by atoms with Gasteiger partial charge in [-0.2, -0.15) is 0 Å². The van der Waals surface area contributed by atoms with Crippen molar-refractivity contribution in [3.63, 3.8) is 0 Å². The third-order valence-electron chi connectivity index (χ3n) is 9.46. The standard InChI is InChI=1S/C27H25O2S2.C26H23S2/c1-20-4-10-23(11-5-20)30-24-12-18-27(19-13-24)31(25-14-6-21(28-2)7-15-25)26-16-8-22(29-3)9-17-26;1-20-8-14-24(15-9-20)28(25-16-10-21(2)11-17-25)26-18-12-23(13-19-26)27-22-6-4-3-5-7-22/h4-19H,1-3H3;3-19H,1-2H3/q2*+1. The van der Waals surface area contributed by atoms with Gasteiger partial charge in [0.1, 0.15) is 11.5 Å². The maximum atomic E-state index is 5.35. The molecule has 0 unspecified atom stereocenters. The molecule has 0 atom stereocenters. The van der Waals surface area contributed by atoms with Gasteiger partial charge in [0.2, 0.25) is 0 Å². The predicted molar refractivity (Wildman–Crippen MR) is 251 cm³/mol. The summed E-state index contributed by atoms with van der Waals surface area (Å²) in [5.41, 5.74) is 3.87. The second kappa shape index (κ2) is 20.6. The Morgan fingerprint density at radius 1 is 0.288 bits per heavy atom. The van der Waals surface area contributed by atoms with Gasteiger partial charge in [-0.1, -0.05) is 94.8 Å². The van der Waals surface area contributed by atoms with Crippen LogP contribution in [0.2, 0.25) is 0 Å². The molecule has 0 saturated heterocycles. The number of hydrogen-bond acceptors (Lipinski definition) is 4. The first kappa shape index (κ1) is 41.9. The maximum Gasteiger partial charge on any atom is 0.166 e. The molecule has 0 saturated carbocycles. The van der Waals surface area contributed by atoms with Gasteiger partial charge < -0.3 is 9.47 Å². The van der Waals surface area contributed by atoms with Gasteiger partial charge in [-0.3, -0.25) is 0 Å². The van der Waals surface area contributed by atoms with Crippen LogP contribution in [0.4, 0.5) is 0 Å². The van der Waals surface area contributed by atoms with Crippen LogP contribution < -0.4 is 9.47 Å². The van der Waals surface area contributed by atoms with E-state index in [1.807, 2.05) is 24.3 Å². The van der Waals surface area contributed by atoms with Crippen LogP contribution in [0.1, 0.15) is 16.7 Å². The van der Waals surface area contributed by atoms with E-state index in [4.69, 9.17) is 9.47 Å². The summed E-state index contributed by atoms with van der Waals surface area (Å²) < 4.78 is 10.7. The van der Waals surface area contributed by atoms with E-state index in [1.54, 1.807) is 37.7 Å². The molecule has 0 aliphatic heterocycles. The summed E-state index contributed by atoms with van der Waals surface area (Å²) in [5, 5.41) is 0. The molecule has 8 aromatic carbocycles. The third-order valence-corrected chi connectivity index (χ3v) is 16.0. The van der Waals surface area contributed by atoms with Crippen molar-refractivity contribution in [3.05, 3.63) is 217 Å². The van der Waals surface area contributed by atoms with Gasteiger partial charge in [-0.15, -0.1) is 0 Å². The van der Waals surface area contributed by atoms with E-state index in [1.165, 1.54) is 65.6 Å². The van der Waals surface area contributed by atoms with Crippen molar-refractivity contribution in [1.82, 2.24) is 0 Å². The van der Waals surface area contributed by atoms with Crippen molar-refractivity contribution >= 4 is 45.3 Å². The monoisotopic (exact) mass is 844 g/mol. The molecule has 294 valence electrons. The topological polar surface area (TPSA) is 18.5 Å². The van der Waals surface area contributed by atoms with E-state index in [2.05, 4.69) is 197 Å². The highest BCUT2D eigenvalue weighted by Crippen LogP contribution is 2.37. The van der Waals surface area contributed by atoms with Crippen LogP contribution >= 0.6 is 23.5 Å². The molecule has 0 fully saturated rings. The Bertz CT molecular complexity index is 2390. The smallest absolute Gasteiger partial charge is 0.166 e. The van der Waals surface area contributed by atoms with E-state index in [-0.39, 0.29) is 21.8 Å². The summed E-state index contributed by atoms with van der Waals surface area (Å²) in [5.74, 6) is 1.73. The van der Waals surface area contributed by atoms with E-state index in [9.17, 15) is 0 Å². The normalized spacial score (nSPS) is 10.9. The van der Waals surface area contributed by atoms with Gasteiger partial charge in [0.15, 0.2) is 29.4 Å². The Balaban J connectivity index is 0.000000180. The highest BCUT2D eigenvalue weighted by atomic mass is 32.2. The molecule has 2 nitrogen and oxygen atoms in total. The molecule has 8 rings (SSSR count). The zero-order valence-electron chi connectivity index (χ0n) is 34.0. The molecule has 6 heteroatoms. The first-order valence-corrected chi connectivity index (χ1v) is 23.5. The van der Waals surface area contributed by atoms with E-state index < -0.39 is 0 Å². The molecule has 0 bridgehead atoms. The summed E-state index contributed by atoms with van der Waals surface area (Å²) in [6.45, 7) is 6.40.